The van der Waals surface area contributed by atoms with Crippen molar-refractivity contribution in [1.29, 1.82) is 0 Å². The van der Waals surface area contributed by atoms with E-state index in [4.69, 9.17) is 0 Å². The molecule has 0 amide bonds. The predicted octanol–water partition coefficient (Wildman–Crippen LogP) is 1.44. The fraction of sp³-hybridized carbons (Fsp3) is 0.538. The Kier molecular flexibility index (Phi) is 2.91. The number of anilines is 1. The molecule has 1 atom stereocenters. The number of hydrogen-bond donors (Lipinski definition) is 2. The van der Waals surface area contributed by atoms with Crippen molar-refractivity contribution < 1.29 is 0 Å². The second-order valence-corrected chi connectivity index (χ2v) is 4.98. The molecule has 0 radical (unpaired) electrons. The Hall–Kier alpha value is -1.62. The van der Waals surface area contributed by atoms with Gasteiger partial charge >= 0.3 is 0 Å². The van der Waals surface area contributed by atoms with E-state index in [-0.39, 0.29) is 0 Å². The van der Waals surface area contributed by atoms with Crippen LogP contribution in [0.15, 0.2) is 12.3 Å². The summed E-state index contributed by atoms with van der Waals surface area (Å²) in [6, 6.07) is 2.73. The van der Waals surface area contributed by atoms with Gasteiger partial charge in [0.1, 0.15) is 0 Å². The average molecular weight is 245 g/mol. The van der Waals surface area contributed by atoms with E-state index in [9.17, 15) is 0 Å². The molecule has 1 aliphatic heterocycles. The molecule has 3 heterocycles. The molecule has 3 rings (SSSR count). The molecule has 0 aromatic carbocycles. The van der Waals surface area contributed by atoms with Gasteiger partial charge in [0.2, 0.25) is 0 Å². The van der Waals surface area contributed by atoms with Crippen LogP contribution in [0.3, 0.4) is 0 Å². The number of nitrogens with zero attached hydrogens (tertiary/aromatic N) is 3. The second kappa shape index (κ2) is 4.57. The van der Waals surface area contributed by atoms with Gasteiger partial charge in [-0.05, 0) is 32.4 Å². The smallest absolute Gasteiger partial charge is 0.157 e. The van der Waals surface area contributed by atoms with Crippen molar-refractivity contribution in [1.82, 2.24) is 20.1 Å². The van der Waals surface area contributed by atoms with Crippen LogP contribution in [-0.4, -0.2) is 33.9 Å². The van der Waals surface area contributed by atoms with Crippen LogP contribution in [0.2, 0.25) is 0 Å². The lowest BCUT2D eigenvalue weighted by Gasteiger charge is -2.12. The molecular weight excluding hydrogens is 226 g/mol. The molecule has 0 spiro atoms. The van der Waals surface area contributed by atoms with E-state index in [0.717, 1.165) is 35.5 Å². The molecule has 0 bridgehead atoms. The minimum Gasteiger partial charge on any atom is -0.382 e. The lowest BCUT2D eigenvalue weighted by atomic mass is 10.2. The summed E-state index contributed by atoms with van der Waals surface area (Å²) in [6.07, 6.45) is 4.43. The summed E-state index contributed by atoms with van der Waals surface area (Å²) in [5.41, 5.74) is 3.05. The summed E-state index contributed by atoms with van der Waals surface area (Å²) in [4.78, 5) is 4.46. The number of pyridine rings is 1. The first-order valence-electron chi connectivity index (χ1n) is 6.50. The van der Waals surface area contributed by atoms with E-state index in [1.807, 2.05) is 24.9 Å². The number of rotatable bonds is 3. The molecule has 96 valence electrons. The maximum atomic E-state index is 4.46. The van der Waals surface area contributed by atoms with Crippen LogP contribution < -0.4 is 10.6 Å². The standard InChI is InChI=1S/C13H19N5/c1-9-12-6-11(8-16-13(12)18(2)17-9)15-7-10-4-3-5-14-10/h6,8,10,14-15H,3-5,7H2,1-2H3. The Morgan fingerprint density at radius 2 is 2.44 bits per heavy atom. The molecule has 5 heteroatoms. The number of aryl methyl sites for hydroxylation is 2. The summed E-state index contributed by atoms with van der Waals surface area (Å²) in [5, 5.41) is 12.4. The van der Waals surface area contributed by atoms with Crippen LogP contribution in [0.5, 0.6) is 0 Å². The molecular formula is C13H19N5. The zero-order valence-electron chi connectivity index (χ0n) is 10.9. The summed E-state index contributed by atoms with van der Waals surface area (Å²) < 4.78 is 1.83. The first-order chi connectivity index (χ1) is 8.74. The minimum absolute atomic E-state index is 0.593. The zero-order chi connectivity index (χ0) is 12.5. The highest BCUT2D eigenvalue weighted by Crippen LogP contribution is 2.19. The van der Waals surface area contributed by atoms with Crippen molar-refractivity contribution in [2.45, 2.75) is 25.8 Å². The Balaban J connectivity index is 1.78. The number of nitrogens with one attached hydrogen (secondary N) is 2. The van der Waals surface area contributed by atoms with Crippen molar-refractivity contribution in [3.8, 4) is 0 Å². The van der Waals surface area contributed by atoms with Gasteiger partial charge in [-0.15, -0.1) is 0 Å². The summed E-state index contributed by atoms with van der Waals surface area (Å²) >= 11 is 0. The van der Waals surface area contributed by atoms with Gasteiger partial charge in [0.05, 0.1) is 17.6 Å². The van der Waals surface area contributed by atoms with Crippen LogP contribution in [0.4, 0.5) is 5.69 Å². The summed E-state index contributed by atoms with van der Waals surface area (Å²) in [5.74, 6) is 0. The Labute approximate surface area is 107 Å². The lowest BCUT2D eigenvalue weighted by Crippen LogP contribution is -2.29. The van der Waals surface area contributed by atoms with E-state index >= 15 is 0 Å². The van der Waals surface area contributed by atoms with Crippen molar-refractivity contribution in [3.63, 3.8) is 0 Å². The molecule has 2 aromatic rings. The fourth-order valence-electron chi connectivity index (χ4n) is 2.58. The van der Waals surface area contributed by atoms with Gasteiger partial charge in [0.25, 0.3) is 0 Å². The van der Waals surface area contributed by atoms with Crippen molar-refractivity contribution in [2.24, 2.45) is 7.05 Å². The van der Waals surface area contributed by atoms with E-state index < -0.39 is 0 Å². The zero-order valence-corrected chi connectivity index (χ0v) is 10.9. The number of hydrogen-bond acceptors (Lipinski definition) is 4. The maximum Gasteiger partial charge on any atom is 0.157 e. The monoisotopic (exact) mass is 245 g/mol. The average Bonchev–Trinajstić information content (AvgIpc) is 2.97. The number of aromatic nitrogens is 3. The van der Waals surface area contributed by atoms with Crippen LogP contribution in [0.1, 0.15) is 18.5 Å². The lowest BCUT2D eigenvalue weighted by molar-refractivity contribution is 0.633. The quantitative estimate of drug-likeness (QED) is 0.859. The van der Waals surface area contributed by atoms with Gasteiger partial charge < -0.3 is 10.6 Å². The highest BCUT2D eigenvalue weighted by atomic mass is 15.3. The van der Waals surface area contributed by atoms with E-state index in [1.54, 1.807) is 0 Å². The van der Waals surface area contributed by atoms with Gasteiger partial charge in [-0.25, -0.2) is 4.98 Å². The maximum absolute atomic E-state index is 4.46. The number of fused-ring (bicyclic) bond motifs is 1. The molecule has 2 N–H and O–H groups in total. The third-order valence-corrected chi connectivity index (χ3v) is 3.58. The molecule has 18 heavy (non-hydrogen) atoms. The minimum atomic E-state index is 0.593. The van der Waals surface area contributed by atoms with Gasteiger partial charge in [0.15, 0.2) is 5.65 Å². The van der Waals surface area contributed by atoms with Crippen molar-refractivity contribution >= 4 is 16.7 Å². The molecule has 1 unspecified atom stereocenters. The van der Waals surface area contributed by atoms with Crippen molar-refractivity contribution in [2.75, 3.05) is 18.4 Å². The van der Waals surface area contributed by atoms with Crippen LogP contribution in [-0.2, 0) is 7.05 Å². The Morgan fingerprint density at radius 3 is 3.22 bits per heavy atom. The molecule has 1 saturated heterocycles. The highest BCUT2D eigenvalue weighted by Gasteiger charge is 2.13. The summed E-state index contributed by atoms with van der Waals surface area (Å²) in [6.45, 7) is 4.13. The summed E-state index contributed by atoms with van der Waals surface area (Å²) in [7, 11) is 1.93. The van der Waals surface area contributed by atoms with Gasteiger partial charge in [-0.1, -0.05) is 0 Å². The SMILES string of the molecule is Cc1nn(C)c2ncc(NCC3CCCN3)cc12. The fourth-order valence-corrected chi connectivity index (χ4v) is 2.58. The topological polar surface area (TPSA) is 54.8 Å². The molecule has 0 saturated carbocycles. The molecule has 2 aromatic heterocycles. The largest absolute Gasteiger partial charge is 0.382 e. The highest BCUT2D eigenvalue weighted by molar-refractivity contribution is 5.81. The van der Waals surface area contributed by atoms with E-state index in [1.165, 1.54) is 12.8 Å². The predicted molar refractivity (Wildman–Crippen MR) is 72.8 cm³/mol. The normalized spacial score (nSPS) is 19.6. The molecule has 0 aliphatic carbocycles. The van der Waals surface area contributed by atoms with Gasteiger partial charge in [-0.3, -0.25) is 4.68 Å². The first kappa shape index (κ1) is 11.5. The molecule has 1 aliphatic rings. The van der Waals surface area contributed by atoms with Crippen LogP contribution in [0.25, 0.3) is 11.0 Å². The van der Waals surface area contributed by atoms with E-state index in [0.29, 0.717) is 6.04 Å². The second-order valence-electron chi connectivity index (χ2n) is 4.98. The van der Waals surface area contributed by atoms with Gasteiger partial charge in [0, 0.05) is 25.0 Å². The van der Waals surface area contributed by atoms with Gasteiger partial charge in [-0.2, -0.15) is 5.10 Å². The molecule has 1 fully saturated rings. The van der Waals surface area contributed by atoms with E-state index in [2.05, 4.69) is 26.8 Å². The third kappa shape index (κ3) is 2.06. The Morgan fingerprint density at radius 1 is 1.56 bits per heavy atom. The molecule has 5 nitrogen and oxygen atoms in total. The third-order valence-electron chi connectivity index (χ3n) is 3.58. The van der Waals surface area contributed by atoms with Crippen LogP contribution in [0, 0.1) is 6.92 Å². The van der Waals surface area contributed by atoms with Crippen molar-refractivity contribution in [3.05, 3.63) is 18.0 Å². The first-order valence-corrected chi connectivity index (χ1v) is 6.50. The van der Waals surface area contributed by atoms with Crippen LogP contribution >= 0.6 is 0 Å². The Bertz CT molecular complexity index is 554.